The zero-order valence-electron chi connectivity index (χ0n) is 12.1. The summed E-state index contributed by atoms with van der Waals surface area (Å²) in [6.45, 7) is 2.04. The molecule has 1 aromatic heterocycles. The Hall–Kier alpha value is -2.47. The molecule has 2 aromatic rings. The standard InChI is InChI=1S/C15H16N2O4/c1-10-5-4-6-12(7-10)17-8-11(9-20-2)14(18)13(16-17)15(19)21-3/h4-8H,9H2,1-3H3. The number of methoxy groups -OCH3 is 2. The molecule has 1 aromatic carbocycles. The highest BCUT2D eigenvalue weighted by molar-refractivity contribution is 5.87. The van der Waals surface area contributed by atoms with E-state index in [2.05, 4.69) is 9.84 Å². The molecule has 0 amide bonds. The fourth-order valence-electron chi connectivity index (χ4n) is 1.93. The number of esters is 1. The van der Waals surface area contributed by atoms with Crippen molar-refractivity contribution in [3.8, 4) is 5.69 Å². The molecule has 0 saturated carbocycles. The Morgan fingerprint density at radius 2 is 2.10 bits per heavy atom. The maximum Gasteiger partial charge on any atom is 0.362 e. The third-order valence-electron chi connectivity index (χ3n) is 2.94. The highest BCUT2D eigenvalue weighted by Crippen LogP contribution is 2.10. The normalized spacial score (nSPS) is 10.4. The maximum atomic E-state index is 12.2. The second-order valence-electron chi connectivity index (χ2n) is 4.54. The number of rotatable bonds is 4. The molecular formula is C15H16N2O4. The predicted octanol–water partition coefficient (Wildman–Crippen LogP) is 1.47. The van der Waals surface area contributed by atoms with E-state index < -0.39 is 11.4 Å². The van der Waals surface area contributed by atoms with Gasteiger partial charge in [0.15, 0.2) is 0 Å². The van der Waals surface area contributed by atoms with Crippen molar-refractivity contribution in [2.24, 2.45) is 0 Å². The van der Waals surface area contributed by atoms with Crippen molar-refractivity contribution in [1.82, 2.24) is 9.78 Å². The Morgan fingerprint density at radius 1 is 1.33 bits per heavy atom. The Bertz CT molecular complexity index is 722. The average molecular weight is 288 g/mol. The molecule has 0 aliphatic heterocycles. The maximum absolute atomic E-state index is 12.2. The summed E-state index contributed by atoms with van der Waals surface area (Å²) >= 11 is 0. The van der Waals surface area contributed by atoms with E-state index in [-0.39, 0.29) is 12.3 Å². The summed E-state index contributed by atoms with van der Waals surface area (Å²) in [7, 11) is 2.69. The van der Waals surface area contributed by atoms with Gasteiger partial charge in [0, 0.05) is 18.9 Å². The molecule has 0 aliphatic rings. The third-order valence-corrected chi connectivity index (χ3v) is 2.94. The van der Waals surface area contributed by atoms with Crippen molar-refractivity contribution >= 4 is 5.97 Å². The molecule has 0 radical (unpaired) electrons. The fraction of sp³-hybridized carbons (Fsp3) is 0.267. The number of aryl methyl sites for hydroxylation is 1. The highest BCUT2D eigenvalue weighted by atomic mass is 16.5. The summed E-state index contributed by atoms with van der Waals surface area (Å²) in [4.78, 5) is 23.9. The van der Waals surface area contributed by atoms with E-state index in [1.165, 1.54) is 18.9 Å². The quantitative estimate of drug-likeness (QED) is 0.797. The number of hydrogen-bond donors (Lipinski definition) is 0. The van der Waals surface area contributed by atoms with Crippen molar-refractivity contribution in [2.45, 2.75) is 13.5 Å². The van der Waals surface area contributed by atoms with Gasteiger partial charge in [-0.05, 0) is 24.6 Å². The van der Waals surface area contributed by atoms with Crippen molar-refractivity contribution in [2.75, 3.05) is 14.2 Å². The molecule has 0 saturated heterocycles. The Morgan fingerprint density at radius 3 is 2.71 bits per heavy atom. The number of aromatic nitrogens is 2. The summed E-state index contributed by atoms with van der Waals surface area (Å²) in [5.41, 5.74) is 1.40. The predicted molar refractivity (Wildman–Crippen MR) is 76.6 cm³/mol. The average Bonchev–Trinajstić information content (AvgIpc) is 2.48. The monoisotopic (exact) mass is 288 g/mol. The second-order valence-corrected chi connectivity index (χ2v) is 4.54. The van der Waals surface area contributed by atoms with Crippen LogP contribution in [0.4, 0.5) is 0 Å². The van der Waals surface area contributed by atoms with Gasteiger partial charge < -0.3 is 9.47 Å². The van der Waals surface area contributed by atoms with Crippen LogP contribution in [0.15, 0.2) is 35.3 Å². The highest BCUT2D eigenvalue weighted by Gasteiger charge is 2.17. The zero-order chi connectivity index (χ0) is 15.4. The first-order valence-electron chi connectivity index (χ1n) is 6.34. The molecule has 21 heavy (non-hydrogen) atoms. The number of nitrogens with zero attached hydrogens (tertiary/aromatic N) is 2. The van der Waals surface area contributed by atoms with E-state index >= 15 is 0 Å². The molecule has 0 aliphatic carbocycles. The smallest absolute Gasteiger partial charge is 0.362 e. The first kappa shape index (κ1) is 14.9. The molecule has 0 bridgehead atoms. The molecule has 0 fully saturated rings. The molecule has 0 N–H and O–H groups in total. The van der Waals surface area contributed by atoms with Crippen LogP contribution in [0.3, 0.4) is 0 Å². The molecule has 1 heterocycles. The lowest BCUT2D eigenvalue weighted by atomic mass is 10.2. The first-order valence-corrected chi connectivity index (χ1v) is 6.34. The summed E-state index contributed by atoms with van der Waals surface area (Å²) in [6.07, 6.45) is 1.56. The minimum atomic E-state index is -0.764. The van der Waals surface area contributed by atoms with Gasteiger partial charge in [-0.15, -0.1) is 0 Å². The van der Waals surface area contributed by atoms with Gasteiger partial charge in [-0.1, -0.05) is 12.1 Å². The van der Waals surface area contributed by atoms with Crippen LogP contribution in [0.5, 0.6) is 0 Å². The van der Waals surface area contributed by atoms with Gasteiger partial charge in [-0.25, -0.2) is 9.48 Å². The van der Waals surface area contributed by atoms with Crippen LogP contribution in [0.2, 0.25) is 0 Å². The van der Waals surface area contributed by atoms with Crippen molar-refractivity contribution in [3.05, 3.63) is 57.5 Å². The van der Waals surface area contributed by atoms with Crippen molar-refractivity contribution in [1.29, 1.82) is 0 Å². The Labute approximate surface area is 121 Å². The fourth-order valence-corrected chi connectivity index (χ4v) is 1.93. The summed E-state index contributed by atoms with van der Waals surface area (Å²) in [5, 5.41) is 4.07. The molecule has 0 unspecified atom stereocenters. The van der Waals surface area contributed by atoms with E-state index in [0.717, 1.165) is 11.3 Å². The lowest BCUT2D eigenvalue weighted by Gasteiger charge is -2.10. The second kappa shape index (κ2) is 6.32. The van der Waals surface area contributed by atoms with Crippen LogP contribution in [-0.4, -0.2) is 30.0 Å². The molecule has 0 atom stereocenters. The number of hydrogen-bond acceptors (Lipinski definition) is 5. The third kappa shape index (κ3) is 3.17. The zero-order valence-corrected chi connectivity index (χ0v) is 12.1. The van der Waals surface area contributed by atoms with Crippen LogP contribution in [-0.2, 0) is 16.1 Å². The largest absolute Gasteiger partial charge is 0.464 e. The van der Waals surface area contributed by atoms with Crippen LogP contribution >= 0.6 is 0 Å². The van der Waals surface area contributed by atoms with Crippen LogP contribution < -0.4 is 5.43 Å². The molecule has 2 rings (SSSR count). The van der Waals surface area contributed by atoms with Gasteiger partial charge in [-0.3, -0.25) is 4.79 Å². The minimum absolute atomic E-state index is 0.0944. The van der Waals surface area contributed by atoms with Crippen LogP contribution in [0.25, 0.3) is 5.69 Å². The lowest BCUT2D eigenvalue weighted by Crippen LogP contribution is -2.26. The van der Waals surface area contributed by atoms with Gasteiger partial charge in [0.1, 0.15) is 0 Å². The van der Waals surface area contributed by atoms with Crippen molar-refractivity contribution in [3.63, 3.8) is 0 Å². The topological polar surface area (TPSA) is 70.4 Å². The summed E-state index contributed by atoms with van der Waals surface area (Å²) in [6, 6.07) is 7.55. The van der Waals surface area contributed by atoms with Gasteiger partial charge in [0.2, 0.25) is 11.1 Å². The molecule has 6 nitrogen and oxygen atoms in total. The van der Waals surface area contributed by atoms with Gasteiger partial charge in [0.25, 0.3) is 0 Å². The summed E-state index contributed by atoms with van der Waals surface area (Å²) < 4.78 is 11.1. The lowest BCUT2D eigenvalue weighted by molar-refractivity contribution is 0.0589. The Kier molecular flexibility index (Phi) is 4.49. The molecule has 6 heteroatoms. The van der Waals surface area contributed by atoms with E-state index in [1.54, 1.807) is 6.20 Å². The first-order chi connectivity index (χ1) is 10.1. The number of ether oxygens (including phenoxy) is 2. The van der Waals surface area contributed by atoms with Gasteiger partial charge in [0.05, 0.1) is 19.4 Å². The van der Waals surface area contributed by atoms with Crippen LogP contribution in [0, 0.1) is 6.92 Å². The van der Waals surface area contributed by atoms with Crippen LogP contribution in [0.1, 0.15) is 21.6 Å². The van der Waals surface area contributed by atoms with Gasteiger partial charge >= 0.3 is 5.97 Å². The molecule has 110 valence electrons. The number of carbonyl (C=O) groups is 1. The van der Waals surface area contributed by atoms with E-state index in [0.29, 0.717) is 5.56 Å². The van der Waals surface area contributed by atoms with E-state index in [1.807, 2.05) is 31.2 Å². The van der Waals surface area contributed by atoms with Crippen molar-refractivity contribution < 1.29 is 14.3 Å². The number of benzene rings is 1. The molecule has 0 spiro atoms. The summed E-state index contributed by atoms with van der Waals surface area (Å²) in [5.74, 6) is -0.764. The molecular weight excluding hydrogens is 272 g/mol. The van der Waals surface area contributed by atoms with E-state index in [9.17, 15) is 9.59 Å². The van der Waals surface area contributed by atoms with Gasteiger partial charge in [-0.2, -0.15) is 5.10 Å². The van der Waals surface area contributed by atoms with E-state index in [4.69, 9.17) is 4.74 Å². The SMILES string of the molecule is COCc1cn(-c2cccc(C)c2)nc(C(=O)OC)c1=O. The minimum Gasteiger partial charge on any atom is -0.464 e. The Balaban J connectivity index is 2.64. The number of carbonyl (C=O) groups excluding carboxylic acids is 1.